The van der Waals surface area contributed by atoms with E-state index in [4.69, 9.17) is 9.84 Å². The van der Waals surface area contributed by atoms with E-state index in [1.807, 2.05) is 60.7 Å². The highest BCUT2D eigenvalue weighted by atomic mass is 16.5. The Morgan fingerprint density at radius 3 is 2.21 bits per heavy atom. The van der Waals surface area contributed by atoms with Crippen LogP contribution in [0.25, 0.3) is 17.2 Å². The molecule has 0 atom stereocenters. The molecule has 0 aliphatic heterocycles. The number of nitrogens with one attached hydrogen (secondary N) is 1. The molecule has 174 valence electrons. The Labute approximate surface area is 200 Å². The van der Waals surface area contributed by atoms with Crippen LogP contribution in [0.2, 0.25) is 0 Å². The molecule has 34 heavy (non-hydrogen) atoms. The molecule has 5 nitrogen and oxygen atoms in total. The van der Waals surface area contributed by atoms with Crippen LogP contribution in [0.4, 0.5) is 4.79 Å². The number of ether oxygens (including phenoxy) is 1. The van der Waals surface area contributed by atoms with E-state index in [9.17, 15) is 9.59 Å². The highest BCUT2D eigenvalue weighted by molar-refractivity contribution is 5.79. The molecule has 0 radical (unpaired) electrons. The van der Waals surface area contributed by atoms with Gasteiger partial charge in [-0.15, -0.1) is 0 Å². The fraction of sp³-hybridized carbons (Fsp3) is 0.241. The maximum absolute atomic E-state index is 12.2. The van der Waals surface area contributed by atoms with Crippen LogP contribution in [-0.4, -0.2) is 30.3 Å². The number of fused-ring (bicyclic) bond motifs is 3. The van der Waals surface area contributed by atoms with Crippen molar-refractivity contribution < 1.29 is 19.4 Å². The number of rotatable bonds is 10. The van der Waals surface area contributed by atoms with Gasteiger partial charge in [0.1, 0.15) is 6.61 Å². The number of amides is 1. The Morgan fingerprint density at radius 1 is 0.912 bits per heavy atom. The van der Waals surface area contributed by atoms with Crippen molar-refractivity contribution >= 4 is 18.1 Å². The smallest absolute Gasteiger partial charge is 0.407 e. The zero-order valence-electron chi connectivity index (χ0n) is 19.1. The fourth-order valence-electron chi connectivity index (χ4n) is 4.37. The van der Waals surface area contributed by atoms with Crippen molar-refractivity contribution in [2.45, 2.75) is 31.6 Å². The first kappa shape index (κ1) is 23.3. The molecular weight excluding hydrogens is 426 g/mol. The van der Waals surface area contributed by atoms with E-state index >= 15 is 0 Å². The monoisotopic (exact) mass is 455 g/mol. The number of alkyl carbamates (subject to hydrolysis) is 1. The number of carboxylic acid groups (broad SMARTS) is 1. The van der Waals surface area contributed by atoms with Gasteiger partial charge in [0.2, 0.25) is 0 Å². The molecule has 0 fully saturated rings. The first-order valence-corrected chi connectivity index (χ1v) is 11.7. The number of aliphatic carboxylic acids is 1. The topological polar surface area (TPSA) is 75.6 Å². The van der Waals surface area contributed by atoms with E-state index in [0.717, 1.165) is 17.5 Å². The summed E-state index contributed by atoms with van der Waals surface area (Å²) in [5.41, 5.74) is 7.04. The first-order valence-electron chi connectivity index (χ1n) is 11.7. The SMILES string of the molecule is O=C(O)CCCc1ccc(C=CCCNC(=O)OCC2c3ccccc3-c3ccccc32)cc1. The summed E-state index contributed by atoms with van der Waals surface area (Å²) in [6, 6.07) is 24.7. The molecule has 3 aromatic carbocycles. The van der Waals surface area contributed by atoms with Crippen LogP contribution in [0.5, 0.6) is 0 Å². The van der Waals surface area contributed by atoms with Crippen LogP contribution >= 0.6 is 0 Å². The highest BCUT2D eigenvalue weighted by Gasteiger charge is 2.28. The lowest BCUT2D eigenvalue weighted by Crippen LogP contribution is -2.26. The van der Waals surface area contributed by atoms with Gasteiger partial charge in [-0.05, 0) is 52.6 Å². The van der Waals surface area contributed by atoms with Crippen LogP contribution in [0, 0.1) is 0 Å². The molecule has 1 amide bonds. The lowest BCUT2D eigenvalue weighted by atomic mass is 9.98. The van der Waals surface area contributed by atoms with Crippen LogP contribution in [0.3, 0.4) is 0 Å². The molecule has 0 heterocycles. The minimum absolute atomic E-state index is 0.0603. The third kappa shape index (κ3) is 5.93. The normalized spacial score (nSPS) is 12.4. The van der Waals surface area contributed by atoms with Gasteiger partial charge in [0.05, 0.1) is 0 Å². The van der Waals surface area contributed by atoms with Crippen molar-refractivity contribution in [3.8, 4) is 11.1 Å². The van der Waals surface area contributed by atoms with Crippen molar-refractivity contribution in [1.82, 2.24) is 5.32 Å². The van der Waals surface area contributed by atoms with Gasteiger partial charge in [0.25, 0.3) is 0 Å². The number of hydrogen-bond donors (Lipinski definition) is 2. The number of carbonyl (C=O) groups is 2. The fourth-order valence-corrected chi connectivity index (χ4v) is 4.37. The molecule has 0 aromatic heterocycles. The summed E-state index contributed by atoms with van der Waals surface area (Å²) in [6.07, 6.45) is 5.93. The van der Waals surface area contributed by atoms with Crippen molar-refractivity contribution in [1.29, 1.82) is 0 Å². The molecule has 0 saturated carbocycles. The summed E-state index contributed by atoms with van der Waals surface area (Å²) in [6.45, 7) is 0.814. The predicted molar refractivity (Wildman–Crippen MR) is 134 cm³/mol. The zero-order valence-corrected chi connectivity index (χ0v) is 19.1. The molecule has 4 rings (SSSR count). The van der Waals surface area contributed by atoms with E-state index in [0.29, 0.717) is 26.0 Å². The van der Waals surface area contributed by atoms with Crippen molar-refractivity contribution in [3.63, 3.8) is 0 Å². The van der Waals surface area contributed by atoms with Gasteiger partial charge in [0.15, 0.2) is 0 Å². The maximum atomic E-state index is 12.2. The van der Waals surface area contributed by atoms with Crippen LogP contribution in [0.15, 0.2) is 78.9 Å². The second-order valence-corrected chi connectivity index (χ2v) is 8.43. The molecule has 1 aliphatic carbocycles. The molecule has 2 N–H and O–H groups in total. The largest absolute Gasteiger partial charge is 0.481 e. The summed E-state index contributed by atoms with van der Waals surface area (Å²) in [5.74, 6) is -0.698. The summed E-state index contributed by atoms with van der Waals surface area (Å²) in [4.78, 5) is 22.8. The van der Waals surface area contributed by atoms with Crippen LogP contribution in [-0.2, 0) is 16.0 Å². The Morgan fingerprint density at radius 2 is 1.56 bits per heavy atom. The third-order valence-corrected chi connectivity index (χ3v) is 6.07. The second kappa shape index (κ2) is 11.3. The van der Waals surface area contributed by atoms with Crippen molar-refractivity contribution in [3.05, 3.63) is 101 Å². The van der Waals surface area contributed by atoms with Gasteiger partial charge in [-0.25, -0.2) is 4.79 Å². The standard InChI is InChI=1S/C29H29NO4/c31-28(32)14-7-9-22-17-15-21(16-18-22)8-5-6-19-30-29(33)34-20-27-25-12-3-1-10-23(25)24-11-2-4-13-26(24)27/h1-5,8,10-13,15-18,27H,6-7,9,14,19-20H2,(H,30,33)(H,31,32). The number of benzene rings is 3. The predicted octanol–water partition coefficient (Wildman–Crippen LogP) is 6.04. The van der Waals surface area contributed by atoms with E-state index in [2.05, 4.69) is 29.6 Å². The molecule has 0 unspecified atom stereocenters. The molecule has 0 saturated heterocycles. The van der Waals surface area contributed by atoms with E-state index in [1.165, 1.54) is 22.3 Å². The van der Waals surface area contributed by atoms with E-state index < -0.39 is 12.1 Å². The lowest BCUT2D eigenvalue weighted by molar-refractivity contribution is -0.137. The average Bonchev–Trinajstić information content (AvgIpc) is 3.17. The van der Waals surface area contributed by atoms with Gasteiger partial charge in [0, 0.05) is 18.9 Å². The van der Waals surface area contributed by atoms with Gasteiger partial charge < -0.3 is 15.2 Å². The minimum atomic E-state index is -0.758. The summed E-state index contributed by atoms with van der Waals surface area (Å²) in [5, 5.41) is 11.5. The van der Waals surface area contributed by atoms with E-state index in [1.54, 1.807) is 0 Å². The Balaban J connectivity index is 1.19. The Bertz CT molecular complexity index is 1120. The van der Waals surface area contributed by atoms with Crippen molar-refractivity contribution in [2.24, 2.45) is 0 Å². The van der Waals surface area contributed by atoms with Crippen LogP contribution in [0.1, 0.15) is 47.4 Å². The second-order valence-electron chi connectivity index (χ2n) is 8.43. The molecule has 3 aromatic rings. The lowest BCUT2D eigenvalue weighted by Gasteiger charge is -2.14. The zero-order chi connectivity index (χ0) is 23.8. The average molecular weight is 456 g/mol. The number of carboxylic acids is 1. The quantitative estimate of drug-likeness (QED) is 0.366. The Kier molecular flexibility index (Phi) is 7.76. The Hall–Kier alpha value is -3.86. The van der Waals surface area contributed by atoms with Crippen LogP contribution < -0.4 is 5.32 Å². The number of carbonyl (C=O) groups excluding carboxylic acids is 1. The summed E-state index contributed by atoms with van der Waals surface area (Å²) in [7, 11) is 0. The van der Waals surface area contributed by atoms with Gasteiger partial charge in [-0.1, -0.05) is 84.9 Å². The highest BCUT2D eigenvalue weighted by Crippen LogP contribution is 2.44. The van der Waals surface area contributed by atoms with E-state index in [-0.39, 0.29) is 12.3 Å². The maximum Gasteiger partial charge on any atom is 0.407 e. The molecule has 0 bridgehead atoms. The van der Waals surface area contributed by atoms with Crippen molar-refractivity contribution in [2.75, 3.05) is 13.2 Å². The first-order chi connectivity index (χ1) is 16.6. The summed E-state index contributed by atoms with van der Waals surface area (Å²) >= 11 is 0. The molecule has 5 heteroatoms. The van der Waals surface area contributed by atoms with Gasteiger partial charge in [-0.3, -0.25) is 4.79 Å². The minimum Gasteiger partial charge on any atom is -0.481 e. The summed E-state index contributed by atoms with van der Waals surface area (Å²) < 4.78 is 5.55. The number of hydrogen-bond acceptors (Lipinski definition) is 3. The number of aryl methyl sites for hydroxylation is 1. The molecular formula is C29H29NO4. The van der Waals surface area contributed by atoms with Gasteiger partial charge in [-0.2, -0.15) is 0 Å². The third-order valence-electron chi connectivity index (χ3n) is 6.07. The van der Waals surface area contributed by atoms with Gasteiger partial charge >= 0.3 is 12.1 Å². The molecule has 1 aliphatic rings. The molecule has 0 spiro atoms.